The van der Waals surface area contributed by atoms with Gasteiger partial charge in [-0.2, -0.15) is 0 Å². The highest BCUT2D eigenvalue weighted by atomic mass is 32.1. The fourth-order valence-corrected chi connectivity index (χ4v) is 1.70. The molecule has 2 aromatic rings. The summed E-state index contributed by atoms with van der Waals surface area (Å²) in [6, 6.07) is 4.04. The third-order valence-electron chi connectivity index (χ3n) is 2.11. The molecule has 0 unspecified atom stereocenters. The molecule has 3 N–H and O–H groups in total. The van der Waals surface area contributed by atoms with Crippen LogP contribution in [0.5, 0.6) is 5.75 Å². The van der Waals surface area contributed by atoms with Crippen LogP contribution >= 0.6 is 11.5 Å². The second-order valence-electron chi connectivity index (χ2n) is 3.25. The van der Waals surface area contributed by atoms with Gasteiger partial charge in [-0.15, -0.1) is 5.10 Å². The lowest BCUT2D eigenvalue weighted by molar-refractivity contribution is 0.0693. The zero-order chi connectivity index (χ0) is 13.1. The number of carboxylic acids is 1. The lowest BCUT2D eigenvalue weighted by Gasteiger charge is -2.07. The molecular formula is C10H7N3O4S. The fraction of sp³-hybridized carbons (Fsp3) is 0. The van der Waals surface area contributed by atoms with E-state index in [1.807, 2.05) is 0 Å². The van der Waals surface area contributed by atoms with E-state index in [0.29, 0.717) is 0 Å². The van der Waals surface area contributed by atoms with Gasteiger partial charge in [0, 0.05) is 5.38 Å². The number of phenols is 1. The van der Waals surface area contributed by atoms with E-state index in [4.69, 9.17) is 5.11 Å². The molecule has 8 heteroatoms. The molecule has 0 spiro atoms. The minimum atomic E-state index is -1.28. The van der Waals surface area contributed by atoms with E-state index in [2.05, 4.69) is 14.9 Å². The maximum absolute atomic E-state index is 11.6. The molecule has 0 fully saturated rings. The SMILES string of the molecule is O=C(Nc1cccc(C(=O)O)c1O)c1csnn1. The van der Waals surface area contributed by atoms with Crippen molar-refractivity contribution in [3.63, 3.8) is 0 Å². The van der Waals surface area contributed by atoms with Crippen molar-refractivity contribution in [2.45, 2.75) is 0 Å². The molecule has 0 saturated carbocycles. The Kier molecular flexibility index (Phi) is 3.20. The van der Waals surface area contributed by atoms with Gasteiger partial charge in [-0.3, -0.25) is 4.79 Å². The first-order chi connectivity index (χ1) is 8.59. The van der Waals surface area contributed by atoms with E-state index in [0.717, 1.165) is 11.5 Å². The van der Waals surface area contributed by atoms with Crippen LogP contribution in [-0.4, -0.2) is 31.7 Å². The van der Waals surface area contributed by atoms with Crippen molar-refractivity contribution in [2.75, 3.05) is 5.32 Å². The molecule has 0 aliphatic heterocycles. The van der Waals surface area contributed by atoms with E-state index in [9.17, 15) is 14.7 Å². The number of nitrogens with one attached hydrogen (secondary N) is 1. The smallest absolute Gasteiger partial charge is 0.339 e. The Labute approximate surface area is 105 Å². The molecule has 0 saturated heterocycles. The average molecular weight is 265 g/mol. The Morgan fingerprint density at radius 3 is 2.72 bits per heavy atom. The molecule has 1 amide bonds. The van der Waals surface area contributed by atoms with E-state index in [1.165, 1.54) is 23.6 Å². The molecule has 1 aromatic heterocycles. The summed E-state index contributed by atoms with van der Waals surface area (Å²) in [7, 11) is 0. The largest absolute Gasteiger partial charge is 0.505 e. The number of aromatic nitrogens is 2. The van der Waals surface area contributed by atoms with Gasteiger partial charge in [0.1, 0.15) is 5.56 Å². The lowest BCUT2D eigenvalue weighted by atomic mass is 10.1. The van der Waals surface area contributed by atoms with Crippen LogP contribution in [0.15, 0.2) is 23.6 Å². The quantitative estimate of drug-likeness (QED) is 0.718. The number of carbonyl (C=O) groups is 2. The van der Waals surface area contributed by atoms with Crippen molar-refractivity contribution in [1.82, 2.24) is 9.59 Å². The number of carboxylic acid groups (broad SMARTS) is 1. The molecule has 0 radical (unpaired) electrons. The Bertz CT molecular complexity index is 597. The fourth-order valence-electron chi connectivity index (χ4n) is 1.27. The van der Waals surface area contributed by atoms with Gasteiger partial charge in [0.2, 0.25) is 0 Å². The van der Waals surface area contributed by atoms with Crippen LogP contribution in [0.3, 0.4) is 0 Å². The van der Waals surface area contributed by atoms with Gasteiger partial charge in [-0.05, 0) is 23.7 Å². The summed E-state index contributed by atoms with van der Waals surface area (Å²) in [5, 5.41) is 25.8. The molecular weight excluding hydrogens is 258 g/mol. The van der Waals surface area contributed by atoms with Crippen molar-refractivity contribution in [1.29, 1.82) is 0 Å². The number of para-hydroxylation sites is 1. The number of rotatable bonds is 3. The van der Waals surface area contributed by atoms with Crippen LogP contribution in [0, 0.1) is 0 Å². The summed E-state index contributed by atoms with van der Waals surface area (Å²) < 4.78 is 3.53. The Hall–Kier alpha value is -2.48. The number of nitrogens with zero attached hydrogens (tertiary/aromatic N) is 2. The molecule has 2 rings (SSSR count). The second kappa shape index (κ2) is 4.80. The standard InChI is InChI=1S/C10H7N3O4S/c14-8-5(10(16)17)2-1-3-6(8)11-9(15)7-4-18-13-12-7/h1-4,14H,(H,11,15)(H,16,17). The van der Waals surface area contributed by atoms with Gasteiger partial charge >= 0.3 is 5.97 Å². The molecule has 0 atom stereocenters. The normalized spacial score (nSPS) is 10.0. The van der Waals surface area contributed by atoms with Gasteiger partial charge in [0.05, 0.1) is 5.69 Å². The number of hydrogen-bond acceptors (Lipinski definition) is 6. The first kappa shape index (κ1) is 12.0. The minimum Gasteiger partial charge on any atom is -0.505 e. The molecule has 0 aliphatic rings. The van der Waals surface area contributed by atoms with E-state index in [1.54, 1.807) is 0 Å². The first-order valence-electron chi connectivity index (χ1n) is 4.73. The van der Waals surface area contributed by atoms with Gasteiger partial charge in [0.15, 0.2) is 11.4 Å². The maximum Gasteiger partial charge on any atom is 0.339 e. The van der Waals surface area contributed by atoms with Gasteiger partial charge in [-0.1, -0.05) is 10.6 Å². The van der Waals surface area contributed by atoms with Crippen LogP contribution in [0.4, 0.5) is 5.69 Å². The number of carbonyl (C=O) groups excluding carboxylic acids is 1. The number of anilines is 1. The summed E-state index contributed by atoms with van der Waals surface area (Å²) in [4.78, 5) is 22.4. The van der Waals surface area contributed by atoms with Gasteiger partial charge < -0.3 is 15.5 Å². The average Bonchev–Trinajstić information content (AvgIpc) is 2.85. The predicted molar refractivity (Wildman–Crippen MR) is 62.9 cm³/mol. The predicted octanol–water partition coefficient (Wildman–Crippen LogP) is 1.19. The van der Waals surface area contributed by atoms with E-state index >= 15 is 0 Å². The number of benzene rings is 1. The molecule has 0 aliphatic carbocycles. The van der Waals surface area contributed by atoms with Crippen molar-refractivity contribution >= 4 is 29.1 Å². The highest BCUT2D eigenvalue weighted by molar-refractivity contribution is 7.03. The van der Waals surface area contributed by atoms with E-state index in [-0.39, 0.29) is 16.9 Å². The summed E-state index contributed by atoms with van der Waals surface area (Å²) in [5.74, 6) is -2.35. The number of aromatic carboxylic acids is 1. The molecule has 7 nitrogen and oxygen atoms in total. The Morgan fingerprint density at radius 2 is 2.11 bits per heavy atom. The zero-order valence-electron chi connectivity index (χ0n) is 8.82. The summed E-state index contributed by atoms with van der Waals surface area (Å²) in [5.41, 5.74) is -0.183. The number of hydrogen-bond donors (Lipinski definition) is 3. The van der Waals surface area contributed by atoms with Crippen molar-refractivity contribution in [2.24, 2.45) is 0 Å². The molecule has 92 valence electrons. The third kappa shape index (κ3) is 2.28. The van der Waals surface area contributed by atoms with Gasteiger partial charge in [0.25, 0.3) is 5.91 Å². The summed E-state index contributed by atoms with van der Waals surface area (Å²) in [6.45, 7) is 0. The summed E-state index contributed by atoms with van der Waals surface area (Å²) >= 11 is 1.01. The molecule has 0 bridgehead atoms. The molecule has 1 aromatic carbocycles. The monoisotopic (exact) mass is 265 g/mol. The number of aromatic hydroxyl groups is 1. The van der Waals surface area contributed by atoms with Crippen molar-refractivity contribution in [3.05, 3.63) is 34.8 Å². The van der Waals surface area contributed by atoms with E-state index < -0.39 is 17.6 Å². The highest BCUT2D eigenvalue weighted by Crippen LogP contribution is 2.27. The third-order valence-corrected chi connectivity index (χ3v) is 2.61. The lowest BCUT2D eigenvalue weighted by Crippen LogP contribution is -2.13. The highest BCUT2D eigenvalue weighted by Gasteiger charge is 2.16. The first-order valence-corrected chi connectivity index (χ1v) is 5.57. The number of amides is 1. The van der Waals surface area contributed by atoms with Crippen LogP contribution in [-0.2, 0) is 0 Å². The second-order valence-corrected chi connectivity index (χ2v) is 3.86. The van der Waals surface area contributed by atoms with Crippen LogP contribution in [0.25, 0.3) is 0 Å². The zero-order valence-corrected chi connectivity index (χ0v) is 9.64. The van der Waals surface area contributed by atoms with Crippen LogP contribution in [0.1, 0.15) is 20.8 Å². The Balaban J connectivity index is 2.27. The van der Waals surface area contributed by atoms with Gasteiger partial charge in [-0.25, -0.2) is 4.79 Å². The topological polar surface area (TPSA) is 112 Å². The summed E-state index contributed by atoms with van der Waals surface area (Å²) in [6.07, 6.45) is 0. The molecule has 18 heavy (non-hydrogen) atoms. The minimum absolute atomic E-state index is 0.00731. The van der Waals surface area contributed by atoms with Crippen molar-refractivity contribution < 1.29 is 19.8 Å². The van der Waals surface area contributed by atoms with Crippen LogP contribution < -0.4 is 5.32 Å². The maximum atomic E-state index is 11.6. The van der Waals surface area contributed by atoms with Crippen molar-refractivity contribution in [3.8, 4) is 5.75 Å². The van der Waals surface area contributed by atoms with Crippen LogP contribution in [0.2, 0.25) is 0 Å². The molecule has 1 heterocycles. The Morgan fingerprint density at radius 1 is 1.33 bits per heavy atom.